The first-order valence-corrected chi connectivity index (χ1v) is 6.85. The molecule has 0 fully saturated rings. The Morgan fingerprint density at radius 3 is 2.45 bits per heavy atom. The number of hydrogen-bond acceptors (Lipinski definition) is 3. The predicted octanol–water partition coefficient (Wildman–Crippen LogP) is 3.42. The number of nitrogens with one attached hydrogen (secondary N) is 1. The molecule has 0 aliphatic heterocycles. The van der Waals surface area contributed by atoms with E-state index in [4.69, 9.17) is 0 Å². The van der Waals surface area contributed by atoms with Gasteiger partial charge in [0, 0.05) is 6.54 Å². The fourth-order valence-corrected chi connectivity index (χ4v) is 1.89. The van der Waals surface area contributed by atoms with Crippen LogP contribution in [0.5, 0.6) is 0 Å². The zero-order valence-corrected chi connectivity index (χ0v) is 13.1. The number of aromatic nitrogens is 2. The average Bonchev–Trinajstić information content (AvgIpc) is 2.25. The summed E-state index contributed by atoms with van der Waals surface area (Å²) in [6.45, 7) is 5.43. The predicted molar refractivity (Wildman–Crippen MR) is 74.8 cm³/mol. The minimum Gasteiger partial charge on any atom is -0.383 e. The number of rotatable bonds is 4. The van der Waals surface area contributed by atoms with Crippen molar-refractivity contribution in [3.63, 3.8) is 0 Å². The molecule has 0 spiro atoms. The Labute approximate surface area is 123 Å². The molecule has 1 rings (SSSR count). The number of alkyl halides is 3. The molecular weight excluding hydrogens is 339 g/mol. The number of halogens is 4. The lowest BCUT2D eigenvalue weighted by Crippen LogP contribution is -2.31. The average molecular weight is 356 g/mol. The third-order valence-electron chi connectivity index (χ3n) is 2.50. The molecule has 0 aliphatic rings. The van der Waals surface area contributed by atoms with Gasteiger partial charge in [-0.05, 0) is 27.8 Å². The van der Waals surface area contributed by atoms with Gasteiger partial charge in [-0.25, -0.2) is 4.68 Å². The van der Waals surface area contributed by atoms with Crippen molar-refractivity contribution >= 4 is 21.6 Å². The Hall–Kier alpha value is -1.05. The second kappa shape index (κ2) is 6.15. The number of anilines is 1. The highest BCUT2D eigenvalue weighted by molar-refractivity contribution is 9.10. The van der Waals surface area contributed by atoms with Gasteiger partial charge in [-0.2, -0.15) is 18.3 Å². The molecule has 0 saturated heterocycles. The Morgan fingerprint density at radius 2 is 1.95 bits per heavy atom. The van der Waals surface area contributed by atoms with Gasteiger partial charge in [0.1, 0.15) is 11.0 Å². The summed E-state index contributed by atoms with van der Waals surface area (Å²) in [6.07, 6.45) is -2.40. The molecular formula is C12H17BrF3N3O. The fraction of sp³-hybridized carbons (Fsp3) is 0.667. The largest absolute Gasteiger partial charge is 0.408 e. The quantitative estimate of drug-likeness (QED) is 0.899. The van der Waals surface area contributed by atoms with E-state index >= 15 is 0 Å². The van der Waals surface area contributed by atoms with Gasteiger partial charge in [-0.3, -0.25) is 4.79 Å². The highest BCUT2D eigenvalue weighted by atomic mass is 79.9. The van der Waals surface area contributed by atoms with E-state index in [0.29, 0.717) is 16.9 Å². The summed E-state index contributed by atoms with van der Waals surface area (Å²) >= 11 is 3.02. The monoisotopic (exact) mass is 355 g/mol. The molecule has 1 heterocycles. The van der Waals surface area contributed by atoms with Gasteiger partial charge < -0.3 is 5.32 Å². The molecule has 8 heteroatoms. The standard InChI is InChI=1S/C12H17BrF3N3O/c1-11(2,3)4-5-17-8-6-18-19(7-12(14,15)16)10(20)9(8)13/h6,17H,4-5,7H2,1-3H3. The van der Waals surface area contributed by atoms with Crippen LogP contribution in [-0.4, -0.2) is 22.5 Å². The molecule has 4 nitrogen and oxygen atoms in total. The van der Waals surface area contributed by atoms with E-state index in [1.165, 1.54) is 6.20 Å². The van der Waals surface area contributed by atoms with Crippen LogP contribution in [-0.2, 0) is 6.54 Å². The van der Waals surface area contributed by atoms with Crippen LogP contribution >= 0.6 is 15.9 Å². The van der Waals surface area contributed by atoms with Crippen LogP contribution in [0.15, 0.2) is 15.5 Å². The maximum absolute atomic E-state index is 12.3. The smallest absolute Gasteiger partial charge is 0.383 e. The SMILES string of the molecule is CC(C)(C)CCNc1cnn(CC(F)(F)F)c(=O)c1Br. The topological polar surface area (TPSA) is 46.9 Å². The van der Waals surface area contributed by atoms with Crippen molar-refractivity contribution in [1.82, 2.24) is 9.78 Å². The lowest BCUT2D eigenvalue weighted by atomic mass is 9.92. The third kappa shape index (κ3) is 5.52. The molecule has 0 bridgehead atoms. The lowest BCUT2D eigenvalue weighted by molar-refractivity contribution is -0.143. The molecule has 0 aliphatic carbocycles. The Balaban J connectivity index is 2.82. The van der Waals surface area contributed by atoms with Crippen LogP contribution in [0.3, 0.4) is 0 Å². The molecule has 0 radical (unpaired) electrons. The molecule has 114 valence electrons. The van der Waals surface area contributed by atoms with Crippen molar-refractivity contribution in [1.29, 1.82) is 0 Å². The van der Waals surface area contributed by atoms with Gasteiger partial charge in [-0.1, -0.05) is 20.8 Å². The van der Waals surface area contributed by atoms with Crippen LogP contribution in [0, 0.1) is 5.41 Å². The van der Waals surface area contributed by atoms with Gasteiger partial charge in [0.25, 0.3) is 5.56 Å². The molecule has 1 aromatic rings. The molecule has 1 aromatic heterocycles. The van der Waals surface area contributed by atoms with Gasteiger partial charge in [0.05, 0.1) is 11.9 Å². The first-order valence-electron chi connectivity index (χ1n) is 6.06. The van der Waals surface area contributed by atoms with Crippen molar-refractivity contribution in [3.05, 3.63) is 21.0 Å². The minimum atomic E-state index is -4.47. The second-order valence-corrected chi connectivity index (χ2v) is 6.48. The van der Waals surface area contributed by atoms with E-state index < -0.39 is 18.3 Å². The van der Waals surface area contributed by atoms with Crippen molar-refractivity contribution in [3.8, 4) is 0 Å². The summed E-state index contributed by atoms with van der Waals surface area (Å²) in [5, 5.41) is 6.53. The number of nitrogens with zero attached hydrogens (tertiary/aromatic N) is 2. The summed E-state index contributed by atoms with van der Waals surface area (Å²) in [6, 6.07) is 0. The van der Waals surface area contributed by atoms with Crippen LogP contribution in [0.1, 0.15) is 27.2 Å². The van der Waals surface area contributed by atoms with E-state index in [-0.39, 0.29) is 9.89 Å². The summed E-state index contributed by atoms with van der Waals surface area (Å²) in [4.78, 5) is 11.7. The van der Waals surface area contributed by atoms with E-state index in [1.54, 1.807) is 0 Å². The van der Waals surface area contributed by atoms with Gasteiger partial charge in [-0.15, -0.1) is 0 Å². The highest BCUT2D eigenvalue weighted by Crippen LogP contribution is 2.21. The van der Waals surface area contributed by atoms with Crippen molar-refractivity contribution in [2.24, 2.45) is 5.41 Å². The molecule has 1 N–H and O–H groups in total. The zero-order chi connectivity index (χ0) is 15.6. The summed E-state index contributed by atoms with van der Waals surface area (Å²) < 4.78 is 37.2. The van der Waals surface area contributed by atoms with Crippen molar-refractivity contribution < 1.29 is 13.2 Å². The van der Waals surface area contributed by atoms with Gasteiger partial charge in [0.2, 0.25) is 0 Å². The fourth-order valence-electron chi connectivity index (χ4n) is 1.44. The van der Waals surface area contributed by atoms with E-state index in [2.05, 4.69) is 47.1 Å². The first-order chi connectivity index (χ1) is 8.99. The normalized spacial score (nSPS) is 12.6. The zero-order valence-electron chi connectivity index (χ0n) is 11.5. The highest BCUT2D eigenvalue weighted by Gasteiger charge is 2.29. The minimum absolute atomic E-state index is 0.0608. The maximum atomic E-state index is 12.3. The molecule has 0 aromatic carbocycles. The van der Waals surface area contributed by atoms with Gasteiger partial charge in [0.15, 0.2) is 0 Å². The van der Waals surface area contributed by atoms with Crippen LogP contribution in [0.4, 0.5) is 18.9 Å². The van der Waals surface area contributed by atoms with Crippen LogP contribution in [0.2, 0.25) is 0 Å². The van der Waals surface area contributed by atoms with E-state index in [0.717, 1.165) is 6.42 Å². The van der Waals surface area contributed by atoms with E-state index in [1.807, 2.05) is 0 Å². The van der Waals surface area contributed by atoms with Crippen molar-refractivity contribution in [2.75, 3.05) is 11.9 Å². The molecule has 20 heavy (non-hydrogen) atoms. The molecule has 0 amide bonds. The summed E-state index contributed by atoms with van der Waals surface area (Å²) in [7, 11) is 0. The molecule has 0 saturated carbocycles. The van der Waals surface area contributed by atoms with Crippen LogP contribution in [0.25, 0.3) is 0 Å². The third-order valence-corrected chi connectivity index (χ3v) is 3.27. The Bertz CT molecular complexity index is 520. The van der Waals surface area contributed by atoms with Crippen LogP contribution < -0.4 is 10.9 Å². The molecule has 0 atom stereocenters. The molecule has 0 unspecified atom stereocenters. The Kier molecular flexibility index (Phi) is 5.23. The maximum Gasteiger partial charge on any atom is 0.408 e. The lowest BCUT2D eigenvalue weighted by Gasteiger charge is -2.19. The first kappa shape index (κ1) is 17.0. The van der Waals surface area contributed by atoms with E-state index in [9.17, 15) is 18.0 Å². The van der Waals surface area contributed by atoms with Gasteiger partial charge >= 0.3 is 6.18 Å². The number of hydrogen-bond donors (Lipinski definition) is 1. The Morgan fingerprint density at radius 1 is 1.35 bits per heavy atom. The van der Waals surface area contributed by atoms with Crippen molar-refractivity contribution in [2.45, 2.75) is 39.9 Å². The second-order valence-electron chi connectivity index (χ2n) is 5.69. The summed E-state index contributed by atoms with van der Waals surface area (Å²) in [5.41, 5.74) is -0.279. The summed E-state index contributed by atoms with van der Waals surface area (Å²) in [5.74, 6) is 0.